The summed E-state index contributed by atoms with van der Waals surface area (Å²) in [7, 11) is 3.66. The van der Waals surface area contributed by atoms with E-state index in [1.54, 1.807) is 23.3 Å². The molecule has 136 valence electrons. The van der Waals surface area contributed by atoms with Crippen LogP contribution in [0.1, 0.15) is 23.1 Å². The number of benzene rings is 1. The maximum atomic E-state index is 12.4. The molecule has 5 nitrogen and oxygen atoms in total. The Morgan fingerprint density at radius 2 is 2.04 bits per heavy atom. The van der Waals surface area contributed by atoms with Gasteiger partial charge in [-0.05, 0) is 48.2 Å². The fourth-order valence-electron chi connectivity index (χ4n) is 3.55. The van der Waals surface area contributed by atoms with Gasteiger partial charge in [0.15, 0.2) is 0 Å². The first-order valence-electron chi connectivity index (χ1n) is 8.61. The van der Waals surface area contributed by atoms with E-state index in [1.165, 1.54) is 0 Å². The number of fused-ring (bicyclic) bond motifs is 1. The minimum absolute atomic E-state index is 0.0254. The second-order valence-electron chi connectivity index (χ2n) is 6.76. The highest BCUT2D eigenvalue weighted by molar-refractivity contribution is 7.10. The second kappa shape index (κ2) is 6.38. The summed E-state index contributed by atoms with van der Waals surface area (Å²) in [6.45, 7) is 2.04. The van der Waals surface area contributed by atoms with Crippen molar-refractivity contribution in [2.45, 2.75) is 12.5 Å². The molecule has 2 aromatic heterocycles. The van der Waals surface area contributed by atoms with E-state index in [4.69, 9.17) is 4.74 Å². The molecule has 0 saturated carbocycles. The highest BCUT2D eigenvalue weighted by Gasteiger charge is 2.38. The minimum Gasteiger partial charge on any atom is -0.355 e. The Morgan fingerprint density at radius 1 is 1.22 bits per heavy atom. The van der Waals surface area contributed by atoms with E-state index < -0.39 is 5.60 Å². The number of hydrogen-bond donors (Lipinski definition) is 0. The van der Waals surface area contributed by atoms with Gasteiger partial charge >= 0.3 is 0 Å². The van der Waals surface area contributed by atoms with E-state index >= 15 is 0 Å². The van der Waals surface area contributed by atoms with Crippen LogP contribution in [-0.2, 0) is 22.2 Å². The molecule has 27 heavy (non-hydrogen) atoms. The summed E-state index contributed by atoms with van der Waals surface area (Å²) in [6, 6.07) is 16.0. The van der Waals surface area contributed by atoms with Crippen LogP contribution < -0.4 is 4.90 Å². The molecule has 0 saturated heterocycles. The van der Waals surface area contributed by atoms with Crippen LogP contribution in [0, 0.1) is 11.3 Å². The van der Waals surface area contributed by atoms with E-state index in [0.29, 0.717) is 5.69 Å². The molecule has 0 bridgehead atoms. The first kappa shape index (κ1) is 17.5. The van der Waals surface area contributed by atoms with Gasteiger partial charge in [0.05, 0.1) is 0 Å². The number of aromatic nitrogens is 1. The lowest BCUT2D eigenvalue weighted by Gasteiger charge is -2.29. The number of nitrogens with zero attached hydrogens (tertiary/aromatic N) is 3. The summed E-state index contributed by atoms with van der Waals surface area (Å²) in [5, 5.41) is 11.3. The molecule has 1 aliphatic rings. The topological polar surface area (TPSA) is 58.3 Å². The Kier molecular flexibility index (Phi) is 4.14. The zero-order chi connectivity index (χ0) is 19.2. The maximum absolute atomic E-state index is 12.4. The van der Waals surface area contributed by atoms with Gasteiger partial charge in [-0.1, -0.05) is 12.1 Å². The zero-order valence-electron chi connectivity index (χ0n) is 15.4. The fourth-order valence-corrected chi connectivity index (χ4v) is 4.41. The van der Waals surface area contributed by atoms with Crippen LogP contribution in [0.4, 0.5) is 5.69 Å². The summed E-state index contributed by atoms with van der Waals surface area (Å²) in [6.07, 6.45) is 0. The van der Waals surface area contributed by atoms with E-state index in [1.807, 2.05) is 60.3 Å². The number of nitriles is 1. The number of hydrogen-bond acceptors (Lipinski definition) is 4. The Morgan fingerprint density at radius 3 is 2.70 bits per heavy atom. The fraction of sp³-hybridized carbons (Fsp3) is 0.238. The number of rotatable bonds is 2. The third-order valence-electron chi connectivity index (χ3n) is 5.25. The van der Waals surface area contributed by atoms with Crippen molar-refractivity contribution in [2.75, 3.05) is 18.6 Å². The van der Waals surface area contributed by atoms with Crippen molar-refractivity contribution in [1.29, 1.82) is 5.26 Å². The van der Waals surface area contributed by atoms with Gasteiger partial charge in [-0.15, -0.1) is 11.3 Å². The number of ether oxygens (including phenoxy) is 1. The summed E-state index contributed by atoms with van der Waals surface area (Å²) < 4.78 is 8.02. The van der Waals surface area contributed by atoms with Crippen LogP contribution in [0.25, 0.3) is 11.3 Å². The van der Waals surface area contributed by atoms with Gasteiger partial charge in [0.25, 0.3) is 5.91 Å². The third-order valence-corrected chi connectivity index (χ3v) is 6.33. The standard InChI is InChI=1S/C21H19N3O2S/c1-21(19-5-4-10-27-19)16-11-14(17-9-7-15(12-22)23(17)2)6-8-18(16)24(3)20(25)13-26-21/h4-11H,13H2,1-3H3. The molecule has 3 heterocycles. The zero-order valence-corrected chi connectivity index (χ0v) is 16.2. The summed E-state index contributed by atoms with van der Waals surface area (Å²) in [4.78, 5) is 15.2. The van der Waals surface area contributed by atoms with Crippen molar-refractivity contribution >= 4 is 22.9 Å². The summed E-state index contributed by atoms with van der Waals surface area (Å²) in [5.74, 6) is -0.0742. The average Bonchev–Trinajstić information content (AvgIpc) is 3.33. The van der Waals surface area contributed by atoms with Crippen molar-refractivity contribution in [1.82, 2.24) is 4.57 Å². The lowest BCUT2D eigenvalue weighted by atomic mass is 9.90. The average molecular weight is 377 g/mol. The molecule has 1 atom stereocenters. The predicted molar refractivity (Wildman–Crippen MR) is 106 cm³/mol. The SMILES string of the molecule is CN1C(=O)COC(C)(c2cccs2)c2cc(-c3ccc(C#N)n3C)ccc21. The quantitative estimate of drug-likeness (QED) is 0.681. The number of anilines is 1. The summed E-state index contributed by atoms with van der Waals surface area (Å²) >= 11 is 1.61. The molecular weight excluding hydrogens is 358 g/mol. The highest BCUT2D eigenvalue weighted by Crippen LogP contribution is 2.44. The van der Waals surface area contributed by atoms with Gasteiger partial charge in [0.1, 0.15) is 24.0 Å². The van der Waals surface area contributed by atoms with Crippen molar-refractivity contribution in [2.24, 2.45) is 7.05 Å². The van der Waals surface area contributed by atoms with E-state index in [2.05, 4.69) is 12.1 Å². The lowest BCUT2D eigenvalue weighted by molar-refractivity contribution is -0.126. The Balaban J connectivity index is 1.95. The molecule has 1 aromatic carbocycles. The lowest BCUT2D eigenvalue weighted by Crippen LogP contribution is -2.29. The van der Waals surface area contributed by atoms with Crippen molar-refractivity contribution in [3.63, 3.8) is 0 Å². The third kappa shape index (κ3) is 2.67. The first-order valence-corrected chi connectivity index (χ1v) is 9.49. The first-order chi connectivity index (χ1) is 13.0. The predicted octanol–water partition coefficient (Wildman–Crippen LogP) is 3.88. The maximum Gasteiger partial charge on any atom is 0.252 e. The molecular formula is C21H19N3O2S. The van der Waals surface area contributed by atoms with E-state index in [0.717, 1.165) is 27.4 Å². The molecule has 1 amide bonds. The second-order valence-corrected chi connectivity index (χ2v) is 7.71. The molecule has 0 fully saturated rings. The molecule has 0 radical (unpaired) electrons. The Hall–Kier alpha value is -2.88. The van der Waals surface area contributed by atoms with Crippen LogP contribution in [0.2, 0.25) is 0 Å². The highest BCUT2D eigenvalue weighted by atomic mass is 32.1. The molecule has 0 N–H and O–H groups in total. The van der Waals surface area contributed by atoms with Crippen LogP contribution in [0.15, 0.2) is 47.8 Å². The smallest absolute Gasteiger partial charge is 0.252 e. The molecule has 0 aliphatic carbocycles. The van der Waals surface area contributed by atoms with Crippen LogP contribution in [-0.4, -0.2) is 24.1 Å². The largest absolute Gasteiger partial charge is 0.355 e. The van der Waals surface area contributed by atoms with Crippen LogP contribution >= 0.6 is 11.3 Å². The van der Waals surface area contributed by atoms with E-state index in [9.17, 15) is 10.1 Å². The number of amides is 1. The van der Waals surface area contributed by atoms with Gasteiger partial charge in [0.2, 0.25) is 0 Å². The van der Waals surface area contributed by atoms with Crippen molar-refractivity contribution in [3.8, 4) is 17.3 Å². The van der Waals surface area contributed by atoms with Gasteiger partial charge < -0.3 is 14.2 Å². The van der Waals surface area contributed by atoms with Gasteiger partial charge in [-0.25, -0.2) is 0 Å². The number of carbonyl (C=O) groups is 1. The van der Waals surface area contributed by atoms with Crippen LogP contribution in [0.5, 0.6) is 0 Å². The monoisotopic (exact) mass is 377 g/mol. The Bertz CT molecular complexity index is 1060. The number of carbonyl (C=O) groups excluding carboxylic acids is 1. The van der Waals surface area contributed by atoms with Crippen LogP contribution in [0.3, 0.4) is 0 Å². The summed E-state index contributed by atoms with van der Waals surface area (Å²) in [5.41, 5.74) is 3.59. The molecule has 4 rings (SSSR count). The number of likely N-dealkylation sites (N-methyl/N-ethyl adjacent to an activating group) is 1. The molecule has 1 unspecified atom stereocenters. The van der Waals surface area contributed by atoms with Crippen molar-refractivity contribution < 1.29 is 9.53 Å². The molecule has 6 heteroatoms. The van der Waals surface area contributed by atoms with Gasteiger partial charge in [-0.3, -0.25) is 4.79 Å². The van der Waals surface area contributed by atoms with Gasteiger partial charge in [-0.2, -0.15) is 5.26 Å². The normalized spacial score (nSPS) is 19.5. The Labute approximate surface area is 162 Å². The minimum atomic E-state index is -0.719. The molecule has 0 spiro atoms. The molecule has 3 aromatic rings. The number of thiophene rings is 1. The van der Waals surface area contributed by atoms with Gasteiger partial charge in [0, 0.05) is 35.9 Å². The van der Waals surface area contributed by atoms with E-state index in [-0.39, 0.29) is 12.5 Å². The van der Waals surface area contributed by atoms with Crippen molar-refractivity contribution in [3.05, 3.63) is 64.0 Å². The molecule has 1 aliphatic heterocycles.